The molecule has 0 atom stereocenters. The highest BCUT2D eigenvalue weighted by Gasteiger charge is 2.19. The molecule has 0 amide bonds. The lowest BCUT2D eigenvalue weighted by molar-refractivity contribution is 0.112. The first-order chi connectivity index (χ1) is 14.7. The summed E-state index contributed by atoms with van der Waals surface area (Å²) in [6, 6.07) is 12.5. The van der Waals surface area contributed by atoms with E-state index in [1.165, 1.54) is 18.9 Å². The minimum absolute atomic E-state index is 0.237. The molecule has 1 saturated heterocycles. The Morgan fingerprint density at radius 3 is 2.77 bits per heavy atom. The Morgan fingerprint density at radius 2 is 1.93 bits per heavy atom. The highest BCUT2D eigenvalue weighted by Crippen LogP contribution is 2.31. The molecule has 6 nitrogen and oxygen atoms in total. The molecule has 7 heteroatoms. The second kappa shape index (κ2) is 7.84. The number of nitrogens with one attached hydrogen (secondary N) is 2. The molecule has 0 spiro atoms. The minimum Gasteiger partial charge on any atom is -0.368 e. The Labute approximate surface area is 173 Å². The van der Waals surface area contributed by atoms with Crippen molar-refractivity contribution in [3.63, 3.8) is 0 Å². The van der Waals surface area contributed by atoms with Crippen LogP contribution in [0, 0.1) is 5.82 Å². The highest BCUT2D eigenvalue weighted by atomic mass is 19.1. The van der Waals surface area contributed by atoms with Crippen LogP contribution in [-0.4, -0.2) is 52.3 Å². The molecule has 1 fully saturated rings. The van der Waals surface area contributed by atoms with E-state index < -0.39 is 5.82 Å². The molecule has 2 aromatic heterocycles. The van der Waals surface area contributed by atoms with Crippen LogP contribution in [0.3, 0.4) is 0 Å². The van der Waals surface area contributed by atoms with Gasteiger partial charge in [0, 0.05) is 29.4 Å². The van der Waals surface area contributed by atoms with E-state index in [-0.39, 0.29) is 10.9 Å². The SMILES string of the molecule is O=Cc1c(-c2nc(NCCN3CCCC3)c3ccccc3n2)[nH]c2cccc(F)c12. The van der Waals surface area contributed by atoms with Crippen molar-refractivity contribution >= 4 is 33.9 Å². The summed E-state index contributed by atoms with van der Waals surface area (Å²) in [7, 11) is 0. The van der Waals surface area contributed by atoms with Gasteiger partial charge >= 0.3 is 0 Å². The van der Waals surface area contributed by atoms with E-state index >= 15 is 0 Å². The number of aldehydes is 1. The van der Waals surface area contributed by atoms with Crippen LogP contribution in [0.2, 0.25) is 0 Å². The first-order valence-electron chi connectivity index (χ1n) is 10.2. The Bertz CT molecular complexity index is 1230. The first-order valence-corrected chi connectivity index (χ1v) is 10.2. The monoisotopic (exact) mass is 403 g/mol. The second-order valence-corrected chi connectivity index (χ2v) is 7.58. The maximum Gasteiger partial charge on any atom is 0.179 e. The maximum atomic E-state index is 14.4. The topological polar surface area (TPSA) is 73.9 Å². The van der Waals surface area contributed by atoms with Gasteiger partial charge in [-0.05, 0) is 50.2 Å². The molecule has 4 aromatic rings. The summed E-state index contributed by atoms with van der Waals surface area (Å²) in [5, 5.41) is 4.62. The molecule has 30 heavy (non-hydrogen) atoms. The van der Waals surface area contributed by atoms with Gasteiger partial charge in [-0.1, -0.05) is 18.2 Å². The number of hydrogen-bond acceptors (Lipinski definition) is 5. The number of rotatable bonds is 6. The summed E-state index contributed by atoms with van der Waals surface area (Å²) in [5.74, 6) is 0.641. The second-order valence-electron chi connectivity index (χ2n) is 7.58. The minimum atomic E-state index is -0.443. The largest absolute Gasteiger partial charge is 0.368 e. The number of nitrogens with zero attached hydrogens (tertiary/aromatic N) is 3. The third kappa shape index (κ3) is 3.31. The average molecular weight is 403 g/mol. The first kappa shape index (κ1) is 18.7. The van der Waals surface area contributed by atoms with Gasteiger partial charge in [0.15, 0.2) is 12.1 Å². The molecule has 3 heterocycles. The number of hydrogen-bond donors (Lipinski definition) is 2. The standard InChI is InChI=1S/C23H22FN5O/c24-17-7-5-9-19-20(17)16(14-30)21(26-19)23-27-18-8-2-1-6-15(18)22(28-23)25-10-13-29-11-3-4-12-29/h1-2,5-9,14,26H,3-4,10-13H2,(H,25,27,28). The molecule has 0 bridgehead atoms. The summed E-state index contributed by atoms with van der Waals surface area (Å²) in [4.78, 5) is 26.8. The number of anilines is 1. The van der Waals surface area contributed by atoms with Gasteiger partial charge in [-0.15, -0.1) is 0 Å². The van der Waals surface area contributed by atoms with Crippen molar-refractivity contribution in [2.24, 2.45) is 0 Å². The number of carbonyl (C=O) groups excluding carboxylic acids is 1. The summed E-state index contributed by atoms with van der Waals surface area (Å²) in [5.41, 5.74) is 1.98. The number of H-pyrrole nitrogens is 1. The maximum absolute atomic E-state index is 14.4. The van der Waals surface area contributed by atoms with Crippen molar-refractivity contribution in [1.29, 1.82) is 0 Å². The Morgan fingerprint density at radius 1 is 1.10 bits per heavy atom. The van der Waals surface area contributed by atoms with Crippen LogP contribution in [0.4, 0.5) is 10.2 Å². The lowest BCUT2D eigenvalue weighted by Crippen LogP contribution is -2.26. The molecule has 0 saturated carbocycles. The molecule has 2 N–H and O–H groups in total. The number of halogens is 1. The molecule has 2 aromatic carbocycles. The van der Waals surface area contributed by atoms with Gasteiger partial charge in [-0.25, -0.2) is 14.4 Å². The van der Waals surface area contributed by atoms with Gasteiger partial charge in [0.25, 0.3) is 0 Å². The van der Waals surface area contributed by atoms with Crippen LogP contribution >= 0.6 is 0 Å². The summed E-state index contributed by atoms with van der Waals surface area (Å²) >= 11 is 0. The van der Waals surface area contributed by atoms with Crippen LogP contribution in [0.5, 0.6) is 0 Å². The van der Waals surface area contributed by atoms with Crippen LogP contribution < -0.4 is 5.32 Å². The lowest BCUT2D eigenvalue weighted by atomic mass is 10.1. The smallest absolute Gasteiger partial charge is 0.179 e. The molecule has 0 unspecified atom stereocenters. The lowest BCUT2D eigenvalue weighted by Gasteiger charge is -2.16. The fourth-order valence-electron chi connectivity index (χ4n) is 4.19. The molecule has 152 valence electrons. The number of benzene rings is 2. The van der Waals surface area contributed by atoms with Gasteiger partial charge < -0.3 is 15.2 Å². The molecular formula is C23H22FN5O. The van der Waals surface area contributed by atoms with E-state index in [2.05, 4.69) is 20.2 Å². The van der Waals surface area contributed by atoms with Gasteiger partial charge in [0.05, 0.1) is 16.8 Å². The molecule has 0 aliphatic carbocycles. The summed E-state index contributed by atoms with van der Waals surface area (Å²) in [6.45, 7) is 3.99. The van der Waals surface area contributed by atoms with Crippen molar-refractivity contribution in [3.05, 3.63) is 53.8 Å². The van der Waals surface area contributed by atoms with Crippen molar-refractivity contribution in [1.82, 2.24) is 19.9 Å². The van der Waals surface area contributed by atoms with E-state index in [4.69, 9.17) is 4.98 Å². The Hall–Kier alpha value is -3.32. The van der Waals surface area contributed by atoms with Crippen molar-refractivity contribution < 1.29 is 9.18 Å². The van der Waals surface area contributed by atoms with E-state index in [1.807, 2.05) is 24.3 Å². The van der Waals surface area contributed by atoms with Crippen LogP contribution in [0.25, 0.3) is 33.3 Å². The number of likely N-dealkylation sites (tertiary alicyclic amines) is 1. The zero-order valence-corrected chi connectivity index (χ0v) is 16.5. The number of carbonyl (C=O) groups is 1. The van der Waals surface area contributed by atoms with Crippen LogP contribution in [0.1, 0.15) is 23.2 Å². The Kier molecular flexibility index (Phi) is 4.88. The number of fused-ring (bicyclic) bond motifs is 2. The predicted molar refractivity (Wildman–Crippen MR) is 116 cm³/mol. The van der Waals surface area contributed by atoms with Gasteiger partial charge in [0.1, 0.15) is 11.6 Å². The van der Waals surface area contributed by atoms with E-state index in [1.54, 1.807) is 12.1 Å². The van der Waals surface area contributed by atoms with E-state index in [9.17, 15) is 9.18 Å². The predicted octanol–water partition coefficient (Wildman–Crippen LogP) is 4.24. The van der Waals surface area contributed by atoms with Crippen LogP contribution in [0.15, 0.2) is 42.5 Å². The molecular weight excluding hydrogens is 381 g/mol. The number of para-hydroxylation sites is 1. The van der Waals surface area contributed by atoms with Gasteiger partial charge in [-0.3, -0.25) is 4.79 Å². The fourth-order valence-corrected chi connectivity index (χ4v) is 4.19. The van der Waals surface area contributed by atoms with Gasteiger partial charge in [0.2, 0.25) is 0 Å². The molecule has 1 aliphatic rings. The Balaban J connectivity index is 1.57. The zero-order valence-electron chi connectivity index (χ0n) is 16.5. The van der Waals surface area contributed by atoms with E-state index in [0.717, 1.165) is 37.1 Å². The molecule has 1 aliphatic heterocycles. The summed E-state index contributed by atoms with van der Waals surface area (Å²) in [6.07, 6.45) is 3.17. The number of aromatic nitrogens is 3. The number of aromatic amines is 1. The quantitative estimate of drug-likeness (QED) is 0.471. The van der Waals surface area contributed by atoms with Crippen molar-refractivity contribution in [3.8, 4) is 11.5 Å². The van der Waals surface area contributed by atoms with Crippen LogP contribution in [-0.2, 0) is 0 Å². The van der Waals surface area contributed by atoms with E-state index in [0.29, 0.717) is 29.1 Å². The van der Waals surface area contributed by atoms with Crippen molar-refractivity contribution in [2.45, 2.75) is 12.8 Å². The third-order valence-electron chi connectivity index (χ3n) is 5.68. The molecule has 5 rings (SSSR count). The zero-order chi connectivity index (χ0) is 20.5. The normalized spacial score (nSPS) is 14.6. The third-order valence-corrected chi connectivity index (χ3v) is 5.68. The van der Waals surface area contributed by atoms with Gasteiger partial charge in [-0.2, -0.15) is 0 Å². The van der Waals surface area contributed by atoms with Crippen molar-refractivity contribution in [2.75, 3.05) is 31.5 Å². The summed E-state index contributed by atoms with van der Waals surface area (Å²) < 4.78 is 14.4. The fraction of sp³-hybridized carbons (Fsp3) is 0.261. The molecule has 0 radical (unpaired) electrons. The highest BCUT2D eigenvalue weighted by molar-refractivity contribution is 6.04. The average Bonchev–Trinajstić information content (AvgIpc) is 3.41.